The van der Waals surface area contributed by atoms with E-state index in [1.165, 1.54) is 0 Å². The number of aliphatic carboxylic acids is 2. The fourth-order valence-corrected chi connectivity index (χ4v) is 3.52. The van der Waals surface area contributed by atoms with Crippen molar-refractivity contribution in [2.75, 3.05) is 98.3 Å². The van der Waals surface area contributed by atoms with Crippen LogP contribution >= 0.6 is 0 Å². The van der Waals surface area contributed by atoms with Crippen molar-refractivity contribution in [2.45, 2.75) is 20.3 Å². The summed E-state index contributed by atoms with van der Waals surface area (Å²) in [6.07, 6.45) is 0.941. The number of hydrogen-bond donors (Lipinski definition) is 3. The summed E-state index contributed by atoms with van der Waals surface area (Å²) in [7, 11) is 0. The highest BCUT2D eigenvalue weighted by Gasteiger charge is 2.19. The van der Waals surface area contributed by atoms with Gasteiger partial charge in [-0.3, -0.25) is 29.1 Å². The minimum Gasteiger partial charge on any atom is -0.480 e. The Balaban J connectivity index is 2.72. The van der Waals surface area contributed by atoms with Gasteiger partial charge in [0.15, 0.2) is 0 Å². The van der Waals surface area contributed by atoms with Crippen LogP contribution in [0.3, 0.4) is 0 Å². The molecule has 0 aromatic carbocycles. The van der Waals surface area contributed by atoms with Crippen molar-refractivity contribution in [2.24, 2.45) is 0 Å². The van der Waals surface area contributed by atoms with Crippen LogP contribution in [-0.2, 0) is 19.1 Å². The number of hydrogen-bond acceptors (Lipinski definition) is 8. The lowest BCUT2D eigenvalue weighted by Crippen LogP contribution is -2.49. The Morgan fingerprint density at radius 1 is 0.719 bits per heavy atom. The average molecular weight is 460 g/mol. The van der Waals surface area contributed by atoms with E-state index in [1.807, 2.05) is 11.8 Å². The Morgan fingerprint density at radius 3 is 1.56 bits per heavy atom. The number of carbonyl (C=O) groups is 3. The van der Waals surface area contributed by atoms with E-state index >= 15 is 0 Å². The zero-order valence-electron chi connectivity index (χ0n) is 19.6. The SMILES string of the molecule is CCCOCCNC(=O)CN1CCN(CC)CCN(CC(=O)O)CCN(CC(=O)O)CC1. The molecular formula is C21H41N5O6. The van der Waals surface area contributed by atoms with E-state index < -0.39 is 11.9 Å². The first-order valence-corrected chi connectivity index (χ1v) is 11.5. The van der Waals surface area contributed by atoms with Crippen LogP contribution in [0.1, 0.15) is 20.3 Å². The van der Waals surface area contributed by atoms with E-state index in [-0.39, 0.29) is 25.5 Å². The zero-order chi connectivity index (χ0) is 23.8. The molecule has 0 aliphatic carbocycles. The van der Waals surface area contributed by atoms with Crippen LogP contribution in [0.25, 0.3) is 0 Å². The fourth-order valence-electron chi connectivity index (χ4n) is 3.52. The van der Waals surface area contributed by atoms with Crippen LogP contribution in [0.4, 0.5) is 0 Å². The topological polar surface area (TPSA) is 126 Å². The van der Waals surface area contributed by atoms with Gasteiger partial charge in [-0.2, -0.15) is 0 Å². The first-order chi connectivity index (χ1) is 15.3. The van der Waals surface area contributed by atoms with Gasteiger partial charge in [0, 0.05) is 65.5 Å². The summed E-state index contributed by atoms with van der Waals surface area (Å²) in [5.74, 6) is -1.88. The molecule has 0 aromatic heterocycles. The second-order valence-electron chi connectivity index (χ2n) is 8.01. The Kier molecular flexibility index (Phi) is 14.8. The molecule has 3 N–H and O–H groups in total. The molecule has 0 spiro atoms. The lowest BCUT2D eigenvalue weighted by Gasteiger charge is -2.33. The summed E-state index contributed by atoms with van der Waals surface area (Å²) in [6.45, 7) is 11.4. The first kappa shape index (κ1) is 28.2. The second-order valence-corrected chi connectivity index (χ2v) is 8.01. The van der Waals surface area contributed by atoms with Gasteiger partial charge in [-0.15, -0.1) is 0 Å². The molecule has 0 unspecified atom stereocenters. The van der Waals surface area contributed by atoms with Gasteiger partial charge in [-0.25, -0.2) is 0 Å². The lowest BCUT2D eigenvalue weighted by molar-refractivity contribution is -0.140. The summed E-state index contributed by atoms with van der Waals surface area (Å²) in [5.41, 5.74) is 0. The molecule has 1 fully saturated rings. The fraction of sp³-hybridized carbons (Fsp3) is 0.857. The molecule has 1 rings (SSSR count). The summed E-state index contributed by atoms with van der Waals surface area (Å²) in [6, 6.07) is 0. The number of rotatable bonds is 12. The van der Waals surface area contributed by atoms with Crippen LogP contribution in [0.5, 0.6) is 0 Å². The molecule has 1 saturated heterocycles. The molecular weight excluding hydrogens is 418 g/mol. The van der Waals surface area contributed by atoms with Crippen molar-refractivity contribution in [1.82, 2.24) is 24.9 Å². The van der Waals surface area contributed by atoms with Crippen molar-refractivity contribution >= 4 is 17.8 Å². The minimum absolute atomic E-state index is 0.0628. The summed E-state index contributed by atoms with van der Waals surface area (Å²) >= 11 is 0. The third-order valence-electron chi connectivity index (χ3n) is 5.38. The van der Waals surface area contributed by atoms with Gasteiger partial charge < -0.3 is 25.2 Å². The van der Waals surface area contributed by atoms with Gasteiger partial charge in [0.05, 0.1) is 26.2 Å². The lowest BCUT2D eigenvalue weighted by atomic mass is 10.3. The maximum Gasteiger partial charge on any atom is 0.317 e. The third-order valence-corrected chi connectivity index (χ3v) is 5.38. The number of carboxylic acid groups (broad SMARTS) is 2. The van der Waals surface area contributed by atoms with Crippen molar-refractivity contribution in [3.63, 3.8) is 0 Å². The average Bonchev–Trinajstić information content (AvgIpc) is 2.73. The number of nitrogens with zero attached hydrogens (tertiary/aromatic N) is 4. The van der Waals surface area contributed by atoms with Crippen molar-refractivity contribution in [3.8, 4) is 0 Å². The number of amides is 1. The minimum atomic E-state index is -0.921. The molecule has 186 valence electrons. The van der Waals surface area contributed by atoms with Crippen LogP contribution in [0, 0.1) is 0 Å². The molecule has 1 aliphatic heterocycles. The maximum atomic E-state index is 12.4. The summed E-state index contributed by atoms with van der Waals surface area (Å²) < 4.78 is 5.39. The molecule has 11 nitrogen and oxygen atoms in total. The highest BCUT2D eigenvalue weighted by molar-refractivity contribution is 5.78. The Hall–Kier alpha value is -1.79. The molecule has 0 bridgehead atoms. The molecule has 1 heterocycles. The zero-order valence-corrected chi connectivity index (χ0v) is 19.6. The first-order valence-electron chi connectivity index (χ1n) is 11.5. The van der Waals surface area contributed by atoms with Gasteiger partial charge in [-0.05, 0) is 13.0 Å². The molecule has 0 radical (unpaired) electrons. The Bertz CT molecular complexity index is 565. The largest absolute Gasteiger partial charge is 0.480 e. The molecule has 0 saturated carbocycles. The van der Waals surface area contributed by atoms with Crippen LogP contribution in [0.15, 0.2) is 0 Å². The van der Waals surface area contributed by atoms with Crippen LogP contribution < -0.4 is 5.32 Å². The predicted molar refractivity (Wildman–Crippen MR) is 121 cm³/mol. The van der Waals surface area contributed by atoms with Crippen molar-refractivity contribution in [1.29, 1.82) is 0 Å². The van der Waals surface area contributed by atoms with E-state index in [9.17, 15) is 24.6 Å². The number of ether oxygens (including phenoxy) is 1. The van der Waals surface area contributed by atoms with Gasteiger partial charge >= 0.3 is 11.9 Å². The van der Waals surface area contributed by atoms with Gasteiger partial charge in [0.2, 0.25) is 5.91 Å². The Labute approximate surface area is 191 Å². The smallest absolute Gasteiger partial charge is 0.317 e. The van der Waals surface area contributed by atoms with E-state index in [0.29, 0.717) is 59.0 Å². The summed E-state index contributed by atoms with van der Waals surface area (Å²) in [4.78, 5) is 42.8. The Morgan fingerprint density at radius 2 is 1.16 bits per heavy atom. The van der Waals surface area contributed by atoms with E-state index in [2.05, 4.69) is 22.0 Å². The quantitative estimate of drug-likeness (QED) is 0.311. The van der Waals surface area contributed by atoms with Crippen molar-refractivity contribution in [3.05, 3.63) is 0 Å². The van der Waals surface area contributed by atoms with Gasteiger partial charge in [0.1, 0.15) is 0 Å². The standard InChI is InChI=1S/C21H41N5O6/c1-3-14-32-15-5-22-19(27)16-24-8-6-23(4-2)7-9-25(17-20(28)29)12-13-26(11-10-24)18-21(30)31/h3-18H2,1-2H3,(H,22,27)(H,28,29)(H,30,31). The van der Waals surface area contributed by atoms with Crippen LogP contribution in [0.2, 0.25) is 0 Å². The molecule has 0 aromatic rings. The predicted octanol–water partition coefficient (Wildman–Crippen LogP) is -1.06. The molecule has 1 amide bonds. The number of carboxylic acids is 2. The monoisotopic (exact) mass is 459 g/mol. The highest BCUT2D eigenvalue weighted by atomic mass is 16.5. The number of nitrogens with one attached hydrogen (secondary N) is 1. The summed E-state index contributed by atoms with van der Waals surface area (Å²) in [5, 5.41) is 21.3. The molecule has 11 heteroatoms. The van der Waals surface area contributed by atoms with Gasteiger partial charge in [0.25, 0.3) is 0 Å². The van der Waals surface area contributed by atoms with E-state index in [4.69, 9.17) is 4.74 Å². The number of likely N-dealkylation sites (N-methyl/N-ethyl adjacent to an activating group) is 1. The molecule has 0 atom stereocenters. The molecule has 1 aliphatic rings. The molecule has 32 heavy (non-hydrogen) atoms. The third kappa shape index (κ3) is 13.6. The van der Waals surface area contributed by atoms with E-state index in [1.54, 1.807) is 4.90 Å². The maximum absolute atomic E-state index is 12.4. The second kappa shape index (κ2) is 16.8. The van der Waals surface area contributed by atoms with Crippen LogP contribution in [-0.4, -0.2) is 146 Å². The number of carbonyl (C=O) groups excluding carboxylic acids is 1. The van der Waals surface area contributed by atoms with E-state index in [0.717, 1.165) is 26.1 Å². The highest BCUT2D eigenvalue weighted by Crippen LogP contribution is 2.01. The normalized spacial score (nSPS) is 18.6. The van der Waals surface area contributed by atoms with Gasteiger partial charge in [-0.1, -0.05) is 13.8 Å². The van der Waals surface area contributed by atoms with Crippen molar-refractivity contribution < 1.29 is 29.3 Å².